The van der Waals surface area contributed by atoms with E-state index in [2.05, 4.69) is 6.92 Å². The van der Waals surface area contributed by atoms with E-state index in [-0.39, 0.29) is 12.1 Å². The maximum absolute atomic E-state index is 11.6. The molecule has 2 N–H and O–H groups in total. The molecule has 1 saturated carbocycles. The van der Waals surface area contributed by atoms with Crippen LogP contribution in [0.25, 0.3) is 0 Å². The fourth-order valence-corrected chi connectivity index (χ4v) is 2.31. The molecular weight excluding hydrogens is 234 g/mol. The molecule has 1 fully saturated rings. The number of esters is 1. The zero-order valence-electron chi connectivity index (χ0n) is 11.4. The predicted molar refractivity (Wildman–Crippen MR) is 68.3 cm³/mol. The molecule has 1 aliphatic carbocycles. The average molecular weight is 259 g/mol. The lowest BCUT2D eigenvalue weighted by Crippen LogP contribution is -2.53. The minimum absolute atomic E-state index is 0.0353. The Bertz CT molecular complexity index is 259. The topological polar surface area (TPSA) is 70.8 Å². The van der Waals surface area contributed by atoms with Crippen molar-refractivity contribution < 1.29 is 19.0 Å². The molecule has 0 aliphatic heterocycles. The van der Waals surface area contributed by atoms with Crippen molar-refractivity contribution in [2.75, 3.05) is 26.9 Å². The highest BCUT2D eigenvalue weighted by molar-refractivity contribution is 5.80. The first-order valence-electron chi connectivity index (χ1n) is 6.69. The SMILES string of the molecule is CCCOCCOC1CCCC(N)(C(=O)OC)C1. The Labute approximate surface area is 109 Å². The van der Waals surface area contributed by atoms with Gasteiger partial charge in [-0.05, 0) is 25.7 Å². The van der Waals surface area contributed by atoms with Gasteiger partial charge in [0, 0.05) is 13.0 Å². The third kappa shape index (κ3) is 4.55. The lowest BCUT2D eigenvalue weighted by atomic mass is 9.81. The second kappa shape index (κ2) is 7.71. The molecule has 0 aromatic rings. The Kier molecular flexibility index (Phi) is 6.60. The van der Waals surface area contributed by atoms with E-state index in [1.54, 1.807) is 0 Å². The van der Waals surface area contributed by atoms with E-state index in [1.165, 1.54) is 7.11 Å². The first kappa shape index (κ1) is 15.4. The number of carbonyl (C=O) groups excluding carboxylic acids is 1. The van der Waals surface area contributed by atoms with Crippen LogP contribution in [0.4, 0.5) is 0 Å². The van der Waals surface area contributed by atoms with Gasteiger partial charge in [-0.25, -0.2) is 0 Å². The van der Waals surface area contributed by atoms with Crippen molar-refractivity contribution in [1.29, 1.82) is 0 Å². The largest absolute Gasteiger partial charge is 0.468 e. The maximum atomic E-state index is 11.6. The van der Waals surface area contributed by atoms with Crippen LogP contribution in [-0.2, 0) is 19.0 Å². The lowest BCUT2D eigenvalue weighted by molar-refractivity contribution is -0.151. The van der Waals surface area contributed by atoms with E-state index >= 15 is 0 Å². The molecule has 5 heteroatoms. The van der Waals surface area contributed by atoms with Crippen LogP contribution in [0.5, 0.6) is 0 Å². The lowest BCUT2D eigenvalue weighted by Gasteiger charge is -2.35. The molecule has 2 atom stereocenters. The van der Waals surface area contributed by atoms with Gasteiger partial charge in [-0.1, -0.05) is 6.92 Å². The highest BCUT2D eigenvalue weighted by Crippen LogP contribution is 2.29. The van der Waals surface area contributed by atoms with Crippen LogP contribution in [-0.4, -0.2) is 44.5 Å². The molecule has 18 heavy (non-hydrogen) atoms. The van der Waals surface area contributed by atoms with Gasteiger partial charge in [-0.15, -0.1) is 0 Å². The zero-order chi connectivity index (χ0) is 13.4. The monoisotopic (exact) mass is 259 g/mol. The number of carbonyl (C=O) groups is 1. The molecule has 0 heterocycles. The van der Waals surface area contributed by atoms with E-state index < -0.39 is 5.54 Å². The van der Waals surface area contributed by atoms with Crippen molar-refractivity contribution >= 4 is 5.97 Å². The van der Waals surface area contributed by atoms with Gasteiger partial charge in [0.2, 0.25) is 0 Å². The molecule has 0 aromatic heterocycles. The third-order valence-electron chi connectivity index (χ3n) is 3.26. The number of ether oxygens (including phenoxy) is 3. The smallest absolute Gasteiger partial charge is 0.325 e. The fourth-order valence-electron chi connectivity index (χ4n) is 2.31. The maximum Gasteiger partial charge on any atom is 0.325 e. The van der Waals surface area contributed by atoms with Crippen molar-refractivity contribution in [2.24, 2.45) is 5.73 Å². The normalized spacial score (nSPS) is 28.1. The molecule has 0 spiro atoms. The Morgan fingerprint density at radius 3 is 2.83 bits per heavy atom. The summed E-state index contributed by atoms with van der Waals surface area (Å²) in [6, 6.07) is 0. The second-order valence-electron chi connectivity index (χ2n) is 4.85. The van der Waals surface area contributed by atoms with Crippen molar-refractivity contribution in [1.82, 2.24) is 0 Å². The van der Waals surface area contributed by atoms with Crippen LogP contribution in [0.15, 0.2) is 0 Å². The molecule has 1 aliphatic rings. The standard InChI is InChI=1S/C13H25NO4/c1-3-7-17-8-9-18-11-5-4-6-13(14,10-11)12(15)16-2/h11H,3-10,14H2,1-2H3. The first-order chi connectivity index (χ1) is 8.62. The summed E-state index contributed by atoms with van der Waals surface area (Å²) in [7, 11) is 1.38. The third-order valence-corrected chi connectivity index (χ3v) is 3.26. The summed E-state index contributed by atoms with van der Waals surface area (Å²) in [5.74, 6) is -0.335. The van der Waals surface area contributed by atoms with Crippen LogP contribution in [0, 0.1) is 0 Å². The average Bonchev–Trinajstić information content (AvgIpc) is 2.37. The van der Waals surface area contributed by atoms with E-state index in [0.717, 1.165) is 25.9 Å². The van der Waals surface area contributed by atoms with Gasteiger partial charge in [-0.3, -0.25) is 4.79 Å². The minimum atomic E-state index is -0.873. The summed E-state index contributed by atoms with van der Waals surface area (Å²) in [5.41, 5.74) is 5.20. The molecule has 1 rings (SSSR count). The number of methoxy groups -OCH3 is 1. The van der Waals surface area contributed by atoms with E-state index in [1.807, 2.05) is 0 Å². The first-order valence-corrected chi connectivity index (χ1v) is 6.69. The Morgan fingerprint density at radius 2 is 2.17 bits per heavy atom. The molecular formula is C13H25NO4. The Hall–Kier alpha value is -0.650. The van der Waals surface area contributed by atoms with Crippen LogP contribution < -0.4 is 5.73 Å². The predicted octanol–water partition coefficient (Wildman–Crippen LogP) is 1.24. The van der Waals surface area contributed by atoms with E-state index in [4.69, 9.17) is 19.9 Å². The van der Waals surface area contributed by atoms with Gasteiger partial charge in [0.05, 0.1) is 26.4 Å². The summed E-state index contributed by atoms with van der Waals surface area (Å²) in [5, 5.41) is 0. The van der Waals surface area contributed by atoms with Crippen LogP contribution >= 0.6 is 0 Å². The summed E-state index contributed by atoms with van der Waals surface area (Å²) >= 11 is 0. The minimum Gasteiger partial charge on any atom is -0.468 e. The quantitative estimate of drug-likeness (QED) is 0.550. The van der Waals surface area contributed by atoms with Crippen molar-refractivity contribution in [3.05, 3.63) is 0 Å². The van der Waals surface area contributed by atoms with Crippen molar-refractivity contribution in [2.45, 2.75) is 50.7 Å². The molecule has 5 nitrogen and oxygen atoms in total. The van der Waals surface area contributed by atoms with Gasteiger partial charge < -0.3 is 19.9 Å². The van der Waals surface area contributed by atoms with Gasteiger partial charge in [0.25, 0.3) is 0 Å². The van der Waals surface area contributed by atoms with Crippen LogP contribution in [0.1, 0.15) is 39.0 Å². The van der Waals surface area contributed by atoms with Crippen LogP contribution in [0.2, 0.25) is 0 Å². The second-order valence-corrected chi connectivity index (χ2v) is 4.85. The van der Waals surface area contributed by atoms with Crippen LogP contribution in [0.3, 0.4) is 0 Å². The number of rotatable bonds is 7. The molecule has 0 amide bonds. The van der Waals surface area contributed by atoms with Crippen molar-refractivity contribution in [3.8, 4) is 0 Å². The molecule has 0 radical (unpaired) electrons. The van der Waals surface area contributed by atoms with Crippen molar-refractivity contribution in [3.63, 3.8) is 0 Å². The molecule has 106 valence electrons. The number of hydrogen-bond acceptors (Lipinski definition) is 5. The Morgan fingerprint density at radius 1 is 1.39 bits per heavy atom. The molecule has 2 unspecified atom stereocenters. The summed E-state index contributed by atoms with van der Waals surface area (Å²) < 4.78 is 15.8. The zero-order valence-corrected chi connectivity index (χ0v) is 11.4. The summed E-state index contributed by atoms with van der Waals surface area (Å²) in [4.78, 5) is 11.6. The molecule has 0 aromatic carbocycles. The summed E-state index contributed by atoms with van der Waals surface area (Å²) in [6.07, 6.45) is 4.10. The molecule has 0 saturated heterocycles. The van der Waals surface area contributed by atoms with Gasteiger partial charge in [-0.2, -0.15) is 0 Å². The Balaban J connectivity index is 2.28. The van der Waals surface area contributed by atoms with Gasteiger partial charge in [0.15, 0.2) is 0 Å². The highest BCUT2D eigenvalue weighted by Gasteiger charge is 2.40. The number of nitrogens with two attached hydrogens (primary N) is 1. The number of hydrogen-bond donors (Lipinski definition) is 1. The van der Waals surface area contributed by atoms with E-state index in [9.17, 15) is 4.79 Å². The highest BCUT2D eigenvalue weighted by atomic mass is 16.5. The summed E-state index contributed by atoms with van der Waals surface area (Å²) in [6.45, 7) is 3.99. The molecule has 0 bridgehead atoms. The fraction of sp³-hybridized carbons (Fsp3) is 0.923. The van der Waals surface area contributed by atoms with Gasteiger partial charge >= 0.3 is 5.97 Å². The van der Waals surface area contributed by atoms with Gasteiger partial charge in [0.1, 0.15) is 5.54 Å². The van der Waals surface area contributed by atoms with E-state index in [0.29, 0.717) is 26.1 Å².